The Hall–Kier alpha value is -2.09. The second-order valence-electron chi connectivity index (χ2n) is 4.12. The number of nitrogens with one attached hydrogen (secondary N) is 2. The molecule has 0 aromatic heterocycles. The molecule has 3 amide bonds. The molecule has 8 heteroatoms. The number of anilines is 1. The van der Waals surface area contributed by atoms with Gasteiger partial charge in [0.1, 0.15) is 6.54 Å². The van der Waals surface area contributed by atoms with Gasteiger partial charge in [-0.15, -0.1) is 0 Å². The highest BCUT2D eigenvalue weighted by Gasteiger charge is 2.16. The van der Waals surface area contributed by atoms with Crippen molar-refractivity contribution < 1.29 is 19.5 Å². The SMILES string of the molecule is CCN(CC(=O)NC)C(=O)Nc1ccc(C(=O)O)cc1Br. The van der Waals surface area contributed by atoms with Crippen molar-refractivity contribution in [2.45, 2.75) is 6.92 Å². The summed E-state index contributed by atoms with van der Waals surface area (Å²) in [5.41, 5.74) is 0.540. The van der Waals surface area contributed by atoms with Gasteiger partial charge in [0.05, 0.1) is 11.3 Å². The van der Waals surface area contributed by atoms with Crippen LogP contribution in [0.25, 0.3) is 0 Å². The molecule has 0 heterocycles. The number of halogens is 1. The van der Waals surface area contributed by atoms with Crippen molar-refractivity contribution in [2.75, 3.05) is 25.5 Å². The number of rotatable bonds is 5. The third-order valence-electron chi connectivity index (χ3n) is 2.74. The second-order valence-corrected chi connectivity index (χ2v) is 4.97. The van der Waals surface area contributed by atoms with Gasteiger partial charge in [-0.3, -0.25) is 4.79 Å². The number of benzene rings is 1. The zero-order valence-corrected chi connectivity index (χ0v) is 13.2. The molecule has 1 aromatic carbocycles. The quantitative estimate of drug-likeness (QED) is 0.747. The molecule has 0 aliphatic carbocycles. The van der Waals surface area contributed by atoms with Crippen molar-refractivity contribution in [2.24, 2.45) is 0 Å². The van der Waals surface area contributed by atoms with E-state index in [1.165, 1.54) is 30.1 Å². The van der Waals surface area contributed by atoms with Gasteiger partial charge in [-0.1, -0.05) is 0 Å². The Morgan fingerprint density at radius 2 is 2.00 bits per heavy atom. The molecule has 1 rings (SSSR count). The largest absolute Gasteiger partial charge is 0.478 e. The smallest absolute Gasteiger partial charge is 0.335 e. The molecule has 0 bridgehead atoms. The summed E-state index contributed by atoms with van der Waals surface area (Å²) in [5.74, 6) is -1.32. The standard InChI is InChI=1S/C13H16BrN3O4/c1-3-17(7-11(18)15-2)13(21)16-10-5-4-8(12(19)20)6-9(10)14/h4-6H,3,7H2,1-2H3,(H,15,18)(H,16,21)(H,19,20). The summed E-state index contributed by atoms with van der Waals surface area (Å²) in [5, 5.41) is 13.9. The third kappa shape index (κ3) is 4.75. The Bertz CT molecular complexity index is 562. The van der Waals surface area contributed by atoms with Gasteiger partial charge >= 0.3 is 12.0 Å². The third-order valence-corrected chi connectivity index (χ3v) is 3.40. The van der Waals surface area contributed by atoms with Crippen molar-refractivity contribution in [3.8, 4) is 0 Å². The normalized spacial score (nSPS) is 9.86. The van der Waals surface area contributed by atoms with Crippen LogP contribution in [0.4, 0.5) is 10.5 Å². The monoisotopic (exact) mass is 357 g/mol. The Morgan fingerprint density at radius 1 is 1.33 bits per heavy atom. The average molecular weight is 358 g/mol. The van der Waals surface area contributed by atoms with Crippen LogP contribution in [0, 0.1) is 0 Å². The highest BCUT2D eigenvalue weighted by molar-refractivity contribution is 9.10. The highest BCUT2D eigenvalue weighted by atomic mass is 79.9. The summed E-state index contributed by atoms with van der Waals surface area (Å²) in [6.45, 7) is 2.07. The zero-order chi connectivity index (χ0) is 16.0. The molecule has 0 atom stereocenters. The number of amides is 3. The van der Waals surface area contributed by atoms with Crippen LogP contribution in [-0.2, 0) is 4.79 Å². The molecular weight excluding hydrogens is 342 g/mol. The van der Waals surface area contributed by atoms with E-state index >= 15 is 0 Å². The topological polar surface area (TPSA) is 98.7 Å². The van der Waals surface area contributed by atoms with Gasteiger partial charge in [-0.2, -0.15) is 0 Å². The summed E-state index contributed by atoms with van der Waals surface area (Å²) in [6, 6.07) is 3.83. The lowest BCUT2D eigenvalue weighted by molar-refractivity contribution is -0.121. The number of urea groups is 1. The maximum atomic E-state index is 12.1. The summed E-state index contributed by atoms with van der Waals surface area (Å²) >= 11 is 3.20. The Labute approximate surface area is 130 Å². The van der Waals surface area contributed by atoms with E-state index in [-0.39, 0.29) is 18.0 Å². The van der Waals surface area contributed by atoms with Crippen LogP contribution in [0.3, 0.4) is 0 Å². The van der Waals surface area contributed by atoms with E-state index in [9.17, 15) is 14.4 Å². The molecule has 3 N–H and O–H groups in total. The van der Waals surface area contributed by atoms with Gasteiger partial charge in [0.15, 0.2) is 0 Å². The minimum Gasteiger partial charge on any atom is -0.478 e. The minimum atomic E-state index is -1.05. The first kappa shape index (κ1) is 17.0. The van der Waals surface area contributed by atoms with Crippen LogP contribution in [0.1, 0.15) is 17.3 Å². The van der Waals surface area contributed by atoms with Crippen molar-refractivity contribution in [3.63, 3.8) is 0 Å². The van der Waals surface area contributed by atoms with Gasteiger partial charge in [0.25, 0.3) is 0 Å². The number of carbonyl (C=O) groups is 3. The van der Waals surface area contributed by atoms with E-state index in [0.29, 0.717) is 16.7 Å². The van der Waals surface area contributed by atoms with Crippen molar-refractivity contribution in [1.29, 1.82) is 0 Å². The number of carbonyl (C=O) groups excluding carboxylic acids is 2. The van der Waals surface area contributed by atoms with E-state index in [2.05, 4.69) is 26.6 Å². The number of nitrogens with zero attached hydrogens (tertiary/aromatic N) is 1. The van der Waals surface area contributed by atoms with Gasteiger partial charge in [0.2, 0.25) is 5.91 Å². The Kier molecular flexibility index (Phi) is 6.16. The molecule has 0 saturated carbocycles. The Balaban J connectivity index is 2.82. The van der Waals surface area contributed by atoms with Crippen LogP contribution < -0.4 is 10.6 Å². The fourth-order valence-corrected chi connectivity index (χ4v) is 2.00. The maximum absolute atomic E-state index is 12.1. The summed E-state index contributed by atoms with van der Waals surface area (Å²) in [7, 11) is 1.50. The number of likely N-dealkylation sites (N-methyl/N-ethyl adjacent to an activating group) is 2. The summed E-state index contributed by atoms with van der Waals surface area (Å²) in [4.78, 5) is 35.5. The zero-order valence-electron chi connectivity index (χ0n) is 11.6. The van der Waals surface area contributed by atoms with E-state index in [0.717, 1.165) is 0 Å². The first-order valence-corrected chi connectivity index (χ1v) is 6.97. The first-order chi connectivity index (χ1) is 9.88. The van der Waals surface area contributed by atoms with Crippen molar-refractivity contribution >= 4 is 39.5 Å². The number of hydrogen-bond donors (Lipinski definition) is 3. The molecule has 114 valence electrons. The lowest BCUT2D eigenvalue weighted by Gasteiger charge is -2.20. The van der Waals surface area contributed by atoms with E-state index in [4.69, 9.17) is 5.11 Å². The number of aromatic carboxylic acids is 1. The summed E-state index contributed by atoms with van der Waals surface area (Å²) in [6.07, 6.45) is 0. The van der Waals surface area contributed by atoms with Crippen LogP contribution in [-0.4, -0.2) is 48.1 Å². The van der Waals surface area contributed by atoms with Crippen LogP contribution in [0.2, 0.25) is 0 Å². The lowest BCUT2D eigenvalue weighted by Crippen LogP contribution is -2.41. The number of carboxylic acid groups (broad SMARTS) is 1. The molecule has 0 aliphatic heterocycles. The van der Waals surface area contributed by atoms with Crippen LogP contribution in [0.15, 0.2) is 22.7 Å². The van der Waals surface area contributed by atoms with Gasteiger partial charge in [0, 0.05) is 18.1 Å². The number of carboxylic acids is 1. The molecule has 0 aliphatic rings. The molecule has 1 aromatic rings. The first-order valence-electron chi connectivity index (χ1n) is 6.18. The Morgan fingerprint density at radius 3 is 2.48 bits per heavy atom. The average Bonchev–Trinajstić information content (AvgIpc) is 2.46. The molecule has 21 heavy (non-hydrogen) atoms. The molecular formula is C13H16BrN3O4. The highest BCUT2D eigenvalue weighted by Crippen LogP contribution is 2.24. The minimum absolute atomic E-state index is 0.0519. The van der Waals surface area contributed by atoms with E-state index in [1.54, 1.807) is 6.92 Å². The van der Waals surface area contributed by atoms with E-state index < -0.39 is 12.0 Å². The van der Waals surface area contributed by atoms with Gasteiger partial charge < -0.3 is 20.6 Å². The van der Waals surface area contributed by atoms with Crippen molar-refractivity contribution in [3.05, 3.63) is 28.2 Å². The van der Waals surface area contributed by atoms with Gasteiger partial charge in [-0.25, -0.2) is 9.59 Å². The van der Waals surface area contributed by atoms with Crippen molar-refractivity contribution in [1.82, 2.24) is 10.2 Å². The fraction of sp³-hybridized carbons (Fsp3) is 0.308. The predicted molar refractivity (Wildman–Crippen MR) is 81.4 cm³/mol. The molecule has 0 spiro atoms. The molecule has 0 fully saturated rings. The molecule has 0 unspecified atom stereocenters. The molecule has 0 saturated heterocycles. The predicted octanol–water partition coefficient (Wildman–Crippen LogP) is 1.75. The molecule has 0 radical (unpaired) electrons. The summed E-state index contributed by atoms with van der Waals surface area (Å²) < 4.78 is 0.451. The van der Waals surface area contributed by atoms with Crippen LogP contribution >= 0.6 is 15.9 Å². The van der Waals surface area contributed by atoms with Gasteiger partial charge in [-0.05, 0) is 41.1 Å². The lowest BCUT2D eigenvalue weighted by atomic mass is 10.2. The molecule has 7 nitrogen and oxygen atoms in total. The van der Waals surface area contributed by atoms with Crippen LogP contribution in [0.5, 0.6) is 0 Å². The maximum Gasteiger partial charge on any atom is 0.335 e. The van der Waals surface area contributed by atoms with E-state index in [1.807, 2.05) is 0 Å². The fourth-order valence-electron chi connectivity index (χ4n) is 1.52. The second kappa shape index (κ2) is 7.63. The number of hydrogen-bond acceptors (Lipinski definition) is 3.